The van der Waals surface area contributed by atoms with Crippen LogP contribution in [0.2, 0.25) is 0 Å². The first-order valence-electron chi connectivity index (χ1n) is 6.02. The highest BCUT2D eigenvalue weighted by Crippen LogP contribution is 2.33. The minimum Gasteiger partial charge on any atom is -0.331 e. The lowest BCUT2D eigenvalue weighted by molar-refractivity contribution is 0.566. The molecule has 0 aliphatic heterocycles. The van der Waals surface area contributed by atoms with Crippen LogP contribution in [0.5, 0.6) is 0 Å². The third kappa shape index (κ3) is 1.82. The zero-order chi connectivity index (χ0) is 12.0. The van der Waals surface area contributed by atoms with Crippen LogP contribution in [0.1, 0.15) is 18.7 Å². The number of nitrogens with two attached hydrogens (primary N) is 1. The van der Waals surface area contributed by atoms with Gasteiger partial charge in [0.1, 0.15) is 11.3 Å². The van der Waals surface area contributed by atoms with Crippen molar-refractivity contribution in [2.24, 2.45) is 18.7 Å². The van der Waals surface area contributed by atoms with Crippen molar-refractivity contribution in [1.82, 2.24) is 9.55 Å². The predicted octanol–water partition coefficient (Wildman–Crippen LogP) is 1.99. The van der Waals surface area contributed by atoms with E-state index in [9.17, 15) is 4.39 Å². The Morgan fingerprint density at radius 1 is 1.53 bits per heavy atom. The Kier molecular flexibility index (Phi) is 2.40. The second-order valence-electron chi connectivity index (χ2n) is 4.90. The van der Waals surface area contributed by atoms with Gasteiger partial charge in [-0.1, -0.05) is 6.07 Å². The predicted molar refractivity (Wildman–Crippen MR) is 65.1 cm³/mol. The number of hydrogen-bond acceptors (Lipinski definition) is 2. The van der Waals surface area contributed by atoms with Crippen LogP contribution in [-0.2, 0) is 13.5 Å². The van der Waals surface area contributed by atoms with E-state index in [0.29, 0.717) is 11.4 Å². The zero-order valence-electron chi connectivity index (χ0n) is 9.86. The molecule has 1 fully saturated rings. The quantitative estimate of drug-likeness (QED) is 0.881. The fraction of sp³-hybridized carbons (Fsp3) is 0.462. The normalized spacial score (nSPS) is 17.6. The van der Waals surface area contributed by atoms with Gasteiger partial charge in [-0.25, -0.2) is 9.37 Å². The molecule has 1 aromatic heterocycles. The minimum absolute atomic E-state index is 0.161. The molecule has 4 heteroatoms. The lowest BCUT2D eigenvalue weighted by Gasteiger charge is -2.09. The number of halogens is 1. The third-order valence-electron chi connectivity index (χ3n) is 3.60. The Balaban J connectivity index is 1.98. The van der Waals surface area contributed by atoms with Gasteiger partial charge < -0.3 is 10.3 Å². The molecule has 17 heavy (non-hydrogen) atoms. The number of nitrogens with zero attached hydrogens (tertiary/aromatic N) is 2. The Bertz CT molecular complexity index is 557. The van der Waals surface area contributed by atoms with E-state index >= 15 is 0 Å². The molecule has 1 aromatic carbocycles. The zero-order valence-corrected chi connectivity index (χ0v) is 9.86. The van der Waals surface area contributed by atoms with Crippen LogP contribution in [-0.4, -0.2) is 15.6 Å². The van der Waals surface area contributed by atoms with E-state index in [0.717, 1.165) is 17.8 Å². The molecular weight excluding hydrogens is 217 g/mol. The van der Waals surface area contributed by atoms with Crippen LogP contribution in [0.15, 0.2) is 18.2 Å². The Hall–Kier alpha value is -1.42. The van der Waals surface area contributed by atoms with Crippen molar-refractivity contribution >= 4 is 11.0 Å². The molecular formula is C13H16FN3. The van der Waals surface area contributed by atoms with Crippen LogP contribution >= 0.6 is 0 Å². The fourth-order valence-electron chi connectivity index (χ4n) is 2.31. The summed E-state index contributed by atoms with van der Waals surface area (Å²) in [5.41, 5.74) is 7.38. The molecule has 1 atom stereocenters. The Morgan fingerprint density at radius 2 is 2.29 bits per heavy atom. The molecule has 0 amide bonds. The van der Waals surface area contributed by atoms with E-state index in [1.807, 2.05) is 17.7 Å². The molecule has 3 rings (SSSR count). The maximum absolute atomic E-state index is 13.6. The molecule has 90 valence electrons. The molecule has 0 saturated heterocycles. The maximum atomic E-state index is 13.6. The van der Waals surface area contributed by atoms with E-state index in [2.05, 4.69) is 4.98 Å². The van der Waals surface area contributed by atoms with Crippen LogP contribution in [0.4, 0.5) is 4.39 Å². The summed E-state index contributed by atoms with van der Waals surface area (Å²) in [6.45, 7) is 0. The lowest BCUT2D eigenvalue weighted by atomic mass is 10.1. The van der Waals surface area contributed by atoms with Crippen LogP contribution in [0, 0.1) is 11.7 Å². The van der Waals surface area contributed by atoms with Crippen molar-refractivity contribution in [2.75, 3.05) is 0 Å². The van der Waals surface area contributed by atoms with Gasteiger partial charge >= 0.3 is 0 Å². The van der Waals surface area contributed by atoms with Gasteiger partial charge in [0.25, 0.3) is 0 Å². The summed E-state index contributed by atoms with van der Waals surface area (Å²) in [6.07, 6.45) is 3.17. The van der Waals surface area contributed by atoms with Crippen molar-refractivity contribution in [3.63, 3.8) is 0 Å². The van der Waals surface area contributed by atoms with Gasteiger partial charge in [-0.3, -0.25) is 0 Å². The molecule has 3 nitrogen and oxygen atoms in total. The largest absolute Gasteiger partial charge is 0.331 e. The topological polar surface area (TPSA) is 43.8 Å². The molecule has 1 aliphatic rings. The number of hydrogen-bond donors (Lipinski definition) is 1. The van der Waals surface area contributed by atoms with Gasteiger partial charge in [0.2, 0.25) is 0 Å². The molecule has 2 N–H and O–H groups in total. The number of benzene rings is 1. The number of fused-ring (bicyclic) bond motifs is 1. The number of rotatable bonds is 3. The van der Waals surface area contributed by atoms with Crippen LogP contribution in [0.3, 0.4) is 0 Å². The highest BCUT2D eigenvalue weighted by atomic mass is 19.1. The molecule has 1 aliphatic carbocycles. The van der Waals surface area contributed by atoms with Crippen molar-refractivity contribution in [3.05, 3.63) is 29.8 Å². The number of aryl methyl sites for hydroxylation is 1. The summed E-state index contributed by atoms with van der Waals surface area (Å²) >= 11 is 0. The lowest BCUT2D eigenvalue weighted by Crippen LogP contribution is -2.26. The molecule has 0 spiro atoms. The van der Waals surface area contributed by atoms with Crippen LogP contribution in [0.25, 0.3) is 11.0 Å². The van der Waals surface area contributed by atoms with Gasteiger partial charge in [0.05, 0.1) is 5.52 Å². The molecule has 1 heterocycles. The standard InChI is InChI=1S/C13H16FN3/c1-17-11-4-2-3-9(14)13(11)16-12(17)7-10(15)8-5-6-8/h2-4,8,10H,5-7,15H2,1H3. The number of imidazole rings is 1. The number of para-hydroxylation sites is 1. The van der Waals surface area contributed by atoms with Gasteiger partial charge in [0.15, 0.2) is 5.82 Å². The second kappa shape index (κ2) is 3.81. The molecule has 1 saturated carbocycles. The molecule has 2 aromatic rings. The first-order chi connectivity index (χ1) is 8.16. The number of aromatic nitrogens is 2. The summed E-state index contributed by atoms with van der Waals surface area (Å²) < 4.78 is 15.5. The van der Waals surface area contributed by atoms with Crippen molar-refractivity contribution in [1.29, 1.82) is 0 Å². The van der Waals surface area contributed by atoms with E-state index in [1.54, 1.807) is 6.07 Å². The summed E-state index contributed by atoms with van der Waals surface area (Å²) in [6, 6.07) is 5.20. The summed E-state index contributed by atoms with van der Waals surface area (Å²) in [5, 5.41) is 0. The van der Waals surface area contributed by atoms with Gasteiger partial charge in [-0.05, 0) is 30.9 Å². The van der Waals surface area contributed by atoms with Crippen LogP contribution < -0.4 is 5.73 Å². The van der Waals surface area contributed by atoms with Crippen molar-refractivity contribution in [2.45, 2.75) is 25.3 Å². The van der Waals surface area contributed by atoms with Crippen molar-refractivity contribution in [3.8, 4) is 0 Å². The van der Waals surface area contributed by atoms with E-state index in [1.165, 1.54) is 18.9 Å². The van der Waals surface area contributed by atoms with Crippen molar-refractivity contribution < 1.29 is 4.39 Å². The Labute approximate surface area is 99.4 Å². The minimum atomic E-state index is -0.260. The van der Waals surface area contributed by atoms with E-state index in [-0.39, 0.29) is 11.9 Å². The third-order valence-corrected chi connectivity index (χ3v) is 3.60. The highest BCUT2D eigenvalue weighted by molar-refractivity contribution is 5.76. The summed E-state index contributed by atoms with van der Waals surface area (Å²) in [7, 11) is 1.92. The summed E-state index contributed by atoms with van der Waals surface area (Å²) in [4.78, 5) is 4.37. The Morgan fingerprint density at radius 3 is 2.94 bits per heavy atom. The van der Waals surface area contributed by atoms with E-state index in [4.69, 9.17) is 5.73 Å². The summed E-state index contributed by atoms with van der Waals surface area (Å²) in [5.74, 6) is 1.26. The van der Waals surface area contributed by atoms with Gasteiger partial charge in [-0.2, -0.15) is 0 Å². The van der Waals surface area contributed by atoms with Gasteiger partial charge in [0, 0.05) is 19.5 Å². The maximum Gasteiger partial charge on any atom is 0.151 e. The second-order valence-corrected chi connectivity index (χ2v) is 4.90. The molecule has 1 unspecified atom stereocenters. The smallest absolute Gasteiger partial charge is 0.151 e. The molecule has 0 bridgehead atoms. The average Bonchev–Trinajstić information content (AvgIpc) is 3.09. The fourth-order valence-corrected chi connectivity index (χ4v) is 2.31. The SMILES string of the molecule is Cn1c(CC(N)C2CC2)nc2c(F)cccc21. The molecule has 0 radical (unpaired) electrons. The highest BCUT2D eigenvalue weighted by Gasteiger charge is 2.29. The first-order valence-corrected chi connectivity index (χ1v) is 6.02. The monoisotopic (exact) mass is 233 g/mol. The average molecular weight is 233 g/mol. The first kappa shape index (κ1) is 10.7. The van der Waals surface area contributed by atoms with Gasteiger partial charge in [-0.15, -0.1) is 0 Å². The van der Waals surface area contributed by atoms with E-state index < -0.39 is 0 Å².